The maximum Gasteiger partial charge on any atom is 0.281 e. The van der Waals surface area contributed by atoms with E-state index in [1.54, 1.807) is 23.7 Å². The highest BCUT2D eigenvalue weighted by molar-refractivity contribution is 7.92. The number of thiazole rings is 1. The van der Waals surface area contributed by atoms with Gasteiger partial charge in [-0.2, -0.15) is 13.5 Å². The van der Waals surface area contributed by atoms with Crippen LogP contribution in [0.5, 0.6) is 0 Å². The molecule has 9 nitrogen and oxygen atoms in total. The van der Waals surface area contributed by atoms with Gasteiger partial charge in [-0.1, -0.05) is 23.7 Å². The quantitative estimate of drug-likeness (QED) is 0.311. The number of nitrogens with two attached hydrogens (primary N) is 2. The highest BCUT2D eigenvalue weighted by Crippen LogP contribution is 2.32. The number of nitrogens with zero attached hydrogens (tertiary/aromatic N) is 4. The Morgan fingerprint density at radius 3 is 2.86 bits per heavy atom. The number of hydrogen-bond donors (Lipinski definition) is 3. The number of benzene rings is 1. The zero-order chi connectivity index (χ0) is 19.2. The number of anilines is 1. The summed E-state index contributed by atoms with van der Waals surface area (Å²) in [7, 11) is -3.94. The molecule has 3 aromatic rings. The van der Waals surface area contributed by atoms with Gasteiger partial charge in [0.1, 0.15) is 0 Å². The third-order valence-electron chi connectivity index (χ3n) is 4.06. The van der Waals surface area contributed by atoms with Crippen LogP contribution in [0.1, 0.15) is 17.5 Å². The zero-order valence-corrected chi connectivity index (χ0v) is 17.4. The first-order chi connectivity index (χ1) is 12.9. The minimum Gasteiger partial charge on any atom is -0.369 e. The third-order valence-corrected chi connectivity index (χ3v) is 6.58. The van der Waals surface area contributed by atoms with Gasteiger partial charge >= 0.3 is 0 Å². The van der Waals surface area contributed by atoms with Gasteiger partial charge in [-0.25, -0.2) is 4.98 Å². The van der Waals surface area contributed by atoms with E-state index in [1.165, 1.54) is 15.7 Å². The number of hydrogen-bond acceptors (Lipinski definition) is 6. The van der Waals surface area contributed by atoms with E-state index in [1.807, 2.05) is 6.07 Å². The maximum absolute atomic E-state index is 13.0. The predicted molar refractivity (Wildman–Crippen MR) is 113 cm³/mol. The molecule has 0 radical (unpaired) electrons. The number of nitrogens with one attached hydrogen (secondary N) is 1. The fraction of sp³-hybridized carbons (Fsp3) is 0.133. The van der Waals surface area contributed by atoms with E-state index < -0.39 is 10.0 Å². The van der Waals surface area contributed by atoms with Crippen molar-refractivity contribution in [1.29, 1.82) is 0 Å². The van der Waals surface area contributed by atoms with Crippen LogP contribution in [-0.4, -0.2) is 29.5 Å². The van der Waals surface area contributed by atoms with E-state index in [0.717, 1.165) is 11.1 Å². The second kappa shape index (κ2) is 7.59. The minimum absolute atomic E-state index is 0. The van der Waals surface area contributed by atoms with Gasteiger partial charge in [-0.05, 0) is 24.5 Å². The van der Waals surface area contributed by atoms with Crippen LogP contribution >= 0.6 is 35.3 Å². The molecule has 0 saturated heterocycles. The van der Waals surface area contributed by atoms with Gasteiger partial charge in [0.15, 0.2) is 15.1 Å². The number of halogens is 2. The average molecular weight is 460 g/mol. The molecule has 1 aliphatic carbocycles. The number of guanidine groups is 1. The first-order valence-corrected chi connectivity index (χ1v) is 10.5. The summed E-state index contributed by atoms with van der Waals surface area (Å²) < 4.78 is 30.0. The molecule has 0 atom stereocenters. The fourth-order valence-corrected chi connectivity index (χ4v) is 5.54. The lowest BCUT2D eigenvalue weighted by molar-refractivity contribution is 0.596. The largest absolute Gasteiger partial charge is 0.369 e. The van der Waals surface area contributed by atoms with Crippen LogP contribution in [0.15, 0.2) is 45.0 Å². The van der Waals surface area contributed by atoms with Crippen molar-refractivity contribution < 1.29 is 8.42 Å². The summed E-state index contributed by atoms with van der Waals surface area (Å²) in [6.45, 7) is 0. The molecule has 0 unspecified atom stereocenters. The van der Waals surface area contributed by atoms with Crippen molar-refractivity contribution in [3.8, 4) is 0 Å². The average Bonchev–Trinajstić information content (AvgIpc) is 3.26. The van der Waals surface area contributed by atoms with Crippen LogP contribution in [0.25, 0.3) is 4.96 Å². The molecule has 0 spiro atoms. The van der Waals surface area contributed by atoms with Crippen LogP contribution in [-0.2, 0) is 16.4 Å². The molecule has 4 rings (SSSR count). The number of rotatable bonds is 4. The van der Waals surface area contributed by atoms with E-state index in [2.05, 4.69) is 19.9 Å². The first kappa shape index (κ1) is 20.4. The van der Waals surface area contributed by atoms with Gasteiger partial charge < -0.3 is 11.5 Å². The van der Waals surface area contributed by atoms with E-state index in [-0.39, 0.29) is 28.5 Å². The lowest BCUT2D eigenvalue weighted by Gasteiger charge is -2.11. The van der Waals surface area contributed by atoms with Gasteiger partial charge in [-0.3, -0.25) is 9.12 Å². The zero-order valence-electron chi connectivity index (χ0n) is 14.2. The summed E-state index contributed by atoms with van der Waals surface area (Å²) in [6, 6.07) is 5.29. The standard InChI is InChI=1S/C15H14ClN7O2S2.ClH/c16-12-13(23-6-7-26-15(23)19-12)27(24,25)22-11-3-1-2-8-9(11)4-5-10(8)20-21-14(17)18;/h1-3,6-7,22H,4-5H2,(H4,17,18,21);1H/b20-10+;. The molecule has 1 aromatic carbocycles. The first-order valence-electron chi connectivity index (χ1n) is 7.78. The highest BCUT2D eigenvalue weighted by atomic mass is 35.5. The van der Waals surface area contributed by atoms with Crippen molar-refractivity contribution in [1.82, 2.24) is 9.38 Å². The molecule has 2 aromatic heterocycles. The normalized spacial score (nSPS) is 14.7. The molecule has 0 saturated carbocycles. The predicted octanol–water partition coefficient (Wildman–Crippen LogP) is 2.20. The van der Waals surface area contributed by atoms with Gasteiger partial charge in [-0.15, -0.1) is 28.8 Å². The molecule has 5 N–H and O–H groups in total. The second-order valence-electron chi connectivity index (χ2n) is 5.77. The van der Waals surface area contributed by atoms with Gasteiger partial charge in [0.05, 0.1) is 11.4 Å². The Morgan fingerprint density at radius 2 is 2.11 bits per heavy atom. The van der Waals surface area contributed by atoms with Gasteiger partial charge in [0, 0.05) is 17.1 Å². The topological polar surface area (TPSA) is 140 Å². The SMILES string of the molecule is Cl.NC(N)=N/N=C1\CCc2c(NS(=O)(=O)c3c(Cl)nc4sccn34)cccc21. The van der Waals surface area contributed by atoms with Crippen LogP contribution in [0.3, 0.4) is 0 Å². The molecule has 0 fully saturated rings. The van der Waals surface area contributed by atoms with E-state index in [0.29, 0.717) is 29.2 Å². The van der Waals surface area contributed by atoms with E-state index in [4.69, 9.17) is 23.1 Å². The summed E-state index contributed by atoms with van der Waals surface area (Å²) in [5.41, 5.74) is 13.4. The molecule has 28 heavy (non-hydrogen) atoms. The molecule has 148 valence electrons. The van der Waals surface area contributed by atoms with E-state index in [9.17, 15) is 8.42 Å². The number of imidazole rings is 1. The molecule has 1 aliphatic rings. The third kappa shape index (κ3) is 3.53. The number of fused-ring (bicyclic) bond motifs is 2. The van der Waals surface area contributed by atoms with Crippen LogP contribution in [0.2, 0.25) is 5.15 Å². The summed E-state index contributed by atoms with van der Waals surface area (Å²) in [5, 5.41) is 9.30. The Bertz CT molecular complexity index is 1210. The smallest absolute Gasteiger partial charge is 0.281 e. The van der Waals surface area contributed by atoms with Gasteiger partial charge in [0.25, 0.3) is 10.0 Å². The Labute approximate surface area is 175 Å². The van der Waals surface area contributed by atoms with Crippen molar-refractivity contribution in [3.63, 3.8) is 0 Å². The Morgan fingerprint density at radius 1 is 1.32 bits per heavy atom. The molecule has 0 bridgehead atoms. The van der Waals surface area contributed by atoms with Crippen LogP contribution < -0.4 is 16.2 Å². The van der Waals surface area contributed by atoms with Crippen molar-refractivity contribution in [2.45, 2.75) is 17.9 Å². The van der Waals surface area contributed by atoms with Crippen molar-refractivity contribution in [3.05, 3.63) is 46.1 Å². The number of aromatic nitrogens is 2. The number of sulfonamides is 1. The molecule has 0 aliphatic heterocycles. The highest BCUT2D eigenvalue weighted by Gasteiger charge is 2.28. The maximum atomic E-state index is 13.0. The second-order valence-corrected chi connectivity index (χ2v) is 8.60. The molecular formula is C15H15Cl2N7O2S2. The summed E-state index contributed by atoms with van der Waals surface area (Å²) in [5.74, 6) is -0.136. The van der Waals surface area contributed by atoms with Crippen LogP contribution in [0, 0.1) is 0 Å². The van der Waals surface area contributed by atoms with Crippen molar-refractivity contribution in [2.75, 3.05) is 4.72 Å². The van der Waals surface area contributed by atoms with E-state index >= 15 is 0 Å². The Hall–Kier alpha value is -2.34. The van der Waals surface area contributed by atoms with Crippen molar-refractivity contribution in [2.24, 2.45) is 21.7 Å². The summed E-state index contributed by atoms with van der Waals surface area (Å²) in [4.78, 5) is 4.58. The monoisotopic (exact) mass is 459 g/mol. The Balaban J connectivity index is 0.00000225. The molecule has 2 heterocycles. The summed E-state index contributed by atoms with van der Waals surface area (Å²) >= 11 is 7.37. The lowest BCUT2D eigenvalue weighted by atomic mass is 10.1. The van der Waals surface area contributed by atoms with Crippen LogP contribution in [0.4, 0.5) is 5.69 Å². The Kier molecular flexibility index (Phi) is 5.53. The molecule has 13 heteroatoms. The minimum atomic E-state index is -3.94. The van der Waals surface area contributed by atoms with Gasteiger partial charge in [0.2, 0.25) is 5.96 Å². The van der Waals surface area contributed by atoms with Crippen molar-refractivity contribution >= 4 is 67.7 Å². The lowest BCUT2D eigenvalue weighted by Crippen LogP contribution is -2.22. The molecular weight excluding hydrogens is 445 g/mol. The molecule has 0 amide bonds. The fourth-order valence-electron chi connectivity index (χ4n) is 2.99. The summed E-state index contributed by atoms with van der Waals surface area (Å²) in [6.07, 6.45) is 2.83.